The van der Waals surface area contributed by atoms with Gasteiger partial charge in [0.1, 0.15) is 0 Å². The van der Waals surface area contributed by atoms with Gasteiger partial charge in [0.05, 0.1) is 11.8 Å². The average Bonchev–Trinajstić information content (AvgIpc) is 2.07. The number of nitrogens with one attached hydrogen (secondary N) is 1. The van der Waals surface area contributed by atoms with E-state index < -0.39 is 24.9 Å². The predicted octanol–water partition coefficient (Wildman–Crippen LogP) is 3.49. The highest BCUT2D eigenvalue weighted by Crippen LogP contribution is 2.23. The predicted molar refractivity (Wildman–Crippen MR) is 62.0 cm³/mol. The van der Waals surface area contributed by atoms with Crippen LogP contribution in [0.5, 0.6) is 0 Å². The van der Waals surface area contributed by atoms with Gasteiger partial charge in [-0.15, -0.1) is 11.6 Å². The lowest BCUT2D eigenvalue weighted by molar-refractivity contribution is -0.144. The molecule has 1 amide bonds. The van der Waals surface area contributed by atoms with Crippen molar-refractivity contribution in [3.8, 4) is 0 Å². The van der Waals surface area contributed by atoms with Crippen molar-refractivity contribution >= 4 is 17.5 Å². The van der Waals surface area contributed by atoms with Gasteiger partial charge < -0.3 is 5.32 Å². The summed E-state index contributed by atoms with van der Waals surface area (Å²) in [5.74, 6) is -0.609. The van der Waals surface area contributed by atoms with Gasteiger partial charge in [-0.3, -0.25) is 4.79 Å². The van der Waals surface area contributed by atoms with Crippen LogP contribution in [0.2, 0.25) is 0 Å². The van der Waals surface area contributed by atoms with Gasteiger partial charge in [0.2, 0.25) is 5.91 Å². The molecule has 0 aromatic heterocycles. The first-order chi connectivity index (χ1) is 7.49. The molecule has 0 bridgehead atoms. The van der Waals surface area contributed by atoms with Gasteiger partial charge in [0.25, 0.3) is 0 Å². The third-order valence-electron chi connectivity index (χ3n) is 1.99. The fraction of sp³-hybridized carbons (Fsp3) is 0.909. The van der Waals surface area contributed by atoms with Gasteiger partial charge >= 0.3 is 6.18 Å². The van der Waals surface area contributed by atoms with Gasteiger partial charge in [-0.1, -0.05) is 20.8 Å². The van der Waals surface area contributed by atoms with Gasteiger partial charge in [-0.05, 0) is 11.8 Å². The van der Waals surface area contributed by atoms with Crippen molar-refractivity contribution in [2.45, 2.75) is 51.6 Å². The minimum Gasteiger partial charge on any atom is -0.355 e. The van der Waals surface area contributed by atoms with Crippen molar-refractivity contribution < 1.29 is 18.0 Å². The second kappa shape index (κ2) is 6.47. The van der Waals surface area contributed by atoms with E-state index in [-0.39, 0.29) is 17.3 Å². The SMILES string of the molecule is CC(C)(C)CC(Cl)CNC(=O)CCC(F)(F)F. The first kappa shape index (κ1) is 16.6. The van der Waals surface area contributed by atoms with E-state index in [0.717, 1.165) is 0 Å². The zero-order chi connectivity index (χ0) is 13.7. The molecule has 0 spiro atoms. The van der Waals surface area contributed by atoms with E-state index in [4.69, 9.17) is 11.6 Å². The third kappa shape index (κ3) is 11.8. The van der Waals surface area contributed by atoms with Gasteiger partial charge in [-0.25, -0.2) is 0 Å². The van der Waals surface area contributed by atoms with E-state index in [9.17, 15) is 18.0 Å². The number of carbonyl (C=O) groups is 1. The summed E-state index contributed by atoms with van der Waals surface area (Å²) in [5.41, 5.74) is 0.0309. The molecule has 102 valence electrons. The summed E-state index contributed by atoms with van der Waals surface area (Å²) in [5, 5.41) is 2.15. The molecule has 0 radical (unpaired) electrons. The molecule has 0 aliphatic heterocycles. The van der Waals surface area contributed by atoms with Gasteiger partial charge in [0.15, 0.2) is 0 Å². The molecule has 1 atom stereocenters. The largest absolute Gasteiger partial charge is 0.389 e. The molecule has 1 N–H and O–H groups in total. The molecule has 0 aromatic carbocycles. The third-order valence-corrected chi connectivity index (χ3v) is 2.30. The van der Waals surface area contributed by atoms with Crippen LogP contribution in [0.4, 0.5) is 13.2 Å². The monoisotopic (exact) mass is 273 g/mol. The molecule has 0 saturated carbocycles. The Balaban J connectivity index is 3.78. The first-order valence-corrected chi connectivity index (χ1v) is 5.91. The van der Waals surface area contributed by atoms with Crippen LogP contribution in [0.25, 0.3) is 0 Å². The molecule has 0 rings (SSSR count). The summed E-state index contributed by atoms with van der Waals surface area (Å²) >= 11 is 5.96. The molecule has 6 heteroatoms. The van der Waals surface area contributed by atoms with Crippen LogP contribution in [-0.2, 0) is 4.79 Å². The number of hydrogen-bond acceptors (Lipinski definition) is 1. The molecule has 17 heavy (non-hydrogen) atoms. The van der Waals surface area contributed by atoms with Crippen molar-refractivity contribution in [2.24, 2.45) is 5.41 Å². The quantitative estimate of drug-likeness (QED) is 0.764. The molecular formula is C11H19ClF3NO. The van der Waals surface area contributed by atoms with Crippen molar-refractivity contribution in [2.75, 3.05) is 6.54 Å². The highest BCUT2D eigenvalue weighted by molar-refractivity contribution is 6.20. The molecule has 1 unspecified atom stereocenters. The van der Waals surface area contributed by atoms with Gasteiger partial charge in [0, 0.05) is 13.0 Å². The average molecular weight is 274 g/mol. The van der Waals surface area contributed by atoms with E-state index in [1.54, 1.807) is 0 Å². The fourth-order valence-corrected chi connectivity index (χ4v) is 1.84. The van der Waals surface area contributed by atoms with Gasteiger partial charge in [-0.2, -0.15) is 13.2 Å². The Hall–Kier alpha value is -0.450. The zero-order valence-electron chi connectivity index (χ0n) is 10.3. The Morgan fingerprint density at radius 1 is 1.29 bits per heavy atom. The minimum absolute atomic E-state index is 0.0309. The minimum atomic E-state index is -4.29. The van der Waals surface area contributed by atoms with E-state index in [0.29, 0.717) is 6.42 Å². The second-order valence-electron chi connectivity index (χ2n) is 5.28. The van der Waals surface area contributed by atoms with Crippen LogP contribution in [0.15, 0.2) is 0 Å². The molecule has 2 nitrogen and oxygen atoms in total. The Morgan fingerprint density at radius 3 is 2.24 bits per heavy atom. The Bertz CT molecular complexity index is 248. The Labute approximate surface area is 105 Å². The summed E-state index contributed by atoms with van der Waals surface area (Å²) in [6, 6.07) is 0. The summed E-state index contributed by atoms with van der Waals surface area (Å²) < 4.78 is 35.5. The van der Waals surface area contributed by atoms with Crippen molar-refractivity contribution in [1.82, 2.24) is 5.32 Å². The summed E-state index contributed by atoms with van der Waals surface area (Å²) in [4.78, 5) is 11.1. The molecule has 0 fully saturated rings. The summed E-state index contributed by atoms with van der Waals surface area (Å²) in [7, 11) is 0. The Kier molecular flexibility index (Phi) is 6.30. The molecule has 0 aliphatic carbocycles. The number of hydrogen-bond donors (Lipinski definition) is 1. The highest BCUT2D eigenvalue weighted by atomic mass is 35.5. The molecule has 0 heterocycles. The lowest BCUT2D eigenvalue weighted by Gasteiger charge is -2.22. The first-order valence-electron chi connectivity index (χ1n) is 5.47. The van der Waals surface area contributed by atoms with Crippen LogP contribution in [0, 0.1) is 5.41 Å². The number of carbonyl (C=O) groups excluding carboxylic acids is 1. The number of halogens is 4. The number of amides is 1. The summed E-state index contributed by atoms with van der Waals surface area (Å²) in [6.45, 7) is 6.23. The molecule has 0 aromatic rings. The van der Waals surface area contributed by atoms with Crippen LogP contribution >= 0.6 is 11.6 Å². The number of rotatable bonds is 5. The molecular weight excluding hydrogens is 255 g/mol. The van der Waals surface area contributed by atoms with E-state index in [1.165, 1.54) is 0 Å². The van der Waals surface area contributed by atoms with E-state index >= 15 is 0 Å². The summed E-state index contributed by atoms with van der Waals surface area (Å²) in [6.07, 6.45) is -5.23. The Morgan fingerprint density at radius 2 is 1.82 bits per heavy atom. The van der Waals surface area contributed by atoms with Crippen LogP contribution in [0.3, 0.4) is 0 Å². The van der Waals surface area contributed by atoms with E-state index in [1.807, 2.05) is 20.8 Å². The maximum absolute atomic E-state index is 11.8. The van der Waals surface area contributed by atoms with Crippen LogP contribution < -0.4 is 5.32 Å². The van der Waals surface area contributed by atoms with Crippen molar-refractivity contribution in [3.63, 3.8) is 0 Å². The van der Waals surface area contributed by atoms with Crippen molar-refractivity contribution in [1.29, 1.82) is 0 Å². The van der Waals surface area contributed by atoms with Crippen LogP contribution in [-0.4, -0.2) is 24.0 Å². The zero-order valence-corrected chi connectivity index (χ0v) is 11.1. The molecule has 0 saturated heterocycles. The normalized spacial score (nSPS) is 14.5. The standard InChI is InChI=1S/C11H19ClF3NO/c1-10(2,3)6-8(12)7-16-9(17)4-5-11(13,14)15/h8H,4-7H2,1-3H3,(H,16,17). The second-order valence-corrected chi connectivity index (χ2v) is 5.90. The number of alkyl halides is 4. The lowest BCUT2D eigenvalue weighted by atomic mass is 9.90. The highest BCUT2D eigenvalue weighted by Gasteiger charge is 2.28. The fourth-order valence-electron chi connectivity index (χ4n) is 1.30. The van der Waals surface area contributed by atoms with E-state index in [2.05, 4.69) is 5.32 Å². The topological polar surface area (TPSA) is 29.1 Å². The molecule has 0 aliphatic rings. The lowest BCUT2D eigenvalue weighted by Crippen LogP contribution is -2.32. The maximum Gasteiger partial charge on any atom is 0.389 e. The smallest absolute Gasteiger partial charge is 0.355 e. The van der Waals surface area contributed by atoms with Crippen molar-refractivity contribution in [3.05, 3.63) is 0 Å². The van der Waals surface area contributed by atoms with Crippen LogP contribution in [0.1, 0.15) is 40.0 Å². The maximum atomic E-state index is 11.8.